The highest BCUT2D eigenvalue weighted by Gasteiger charge is 2.18. The van der Waals surface area contributed by atoms with Crippen LogP contribution < -0.4 is 5.73 Å². The van der Waals surface area contributed by atoms with Gasteiger partial charge in [-0.05, 0) is 19.5 Å². The lowest BCUT2D eigenvalue weighted by Gasteiger charge is -2.27. The molecule has 0 saturated carbocycles. The van der Waals surface area contributed by atoms with E-state index in [1.54, 1.807) is 4.90 Å². The summed E-state index contributed by atoms with van der Waals surface area (Å²) in [5.41, 5.74) is 5.72. The lowest BCUT2D eigenvalue weighted by atomic mass is 10.1. The summed E-state index contributed by atoms with van der Waals surface area (Å²) >= 11 is 0. The molecular formula is C12H17FN2O2. The number of nitrogens with two attached hydrogens (primary N) is 1. The van der Waals surface area contributed by atoms with E-state index in [0.29, 0.717) is 12.1 Å². The zero-order valence-electron chi connectivity index (χ0n) is 9.98. The lowest BCUT2D eigenvalue weighted by molar-refractivity contribution is -0.119. The first-order valence-electron chi connectivity index (χ1n) is 5.46. The number of nitrogens with zero attached hydrogens (tertiary/aromatic N) is 1. The fraction of sp³-hybridized carbons (Fsp3) is 0.417. The number of hydrogen-bond donors (Lipinski definition) is 2. The average Bonchev–Trinajstić information content (AvgIpc) is 2.24. The molecular weight excluding hydrogens is 223 g/mol. The fourth-order valence-electron chi connectivity index (χ4n) is 1.79. The molecule has 0 saturated heterocycles. The minimum Gasteiger partial charge on any atom is -0.508 e. The van der Waals surface area contributed by atoms with Crippen LogP contribution in [0.25, 0.3) is 0 Å². The minimum atomic E-state index is -0.489. The number of likely N-dealkylation sites (N-methyl/N-ethyl adjacent to an activating group) is 1. The van der Waals surface area contributed by atoms with Crippen LogP contribution >= 0.6 is 0 Å². The molecule has 0 aliphatic carbocycles. The molecule has 0 radical (unpaired) electrons. The van der Waals surface area contributed by atoms with Gasteiger partial charge in [0.2, 0.25) is 5.91 Å². The summed E-state index contributed by atoms with van der Waals surface area (Å²) in [7, 11) is 0. The Bertz CT molecular complexity index is 409. The van der Waals surface area contributed by atoms with Gasteiger partial charge in [0.1, 0.15) is 11.6 Å². The van der Waals surface area contributed by atoms with Gasteiger partial charge >= 0.3 is 0 Å². The quantitative estimate of drug-likeness (QED) is 0.817. The van der Waals surface area contributed by atoms with Crippen LogP contribution in [0.2, 0.25) is 0 Å². The average molecular weight is 240 g/mol. The lowest BCUT2D eigenvalue weighted by Crippen LogP contribution is -2.35. The van der Waals surface area contributed by atoms with E-state index in [2.05, 4.69) is 0 Å². The molecule has 0 aliphatic rings. The van der Waals surface area contributed by atoms with Crippen LogP contribution in [0.1, 0.15) is 25.5 Å². The van der Waals surface area contributed by atoms with Gasteiger partial charge in [0, 0.05) is 17.7 Å². The molecule has 17 heavy (non-hydrogen) atoms. The maximum Gasteiger partial charge on any atom is 0.231 e. The number of phenolic OH excluding ortho intramolecular Hbond substituents is 1. The van der Waals surface area contributed by atoms with Crippen LogP contribution in [0.4, 0.5) is 4.39 Å². The maximum atomic E-state index is 12.9. The Morgan fingerprint density at radius 3 is 2.71 bits per heavy atom. The highest BCUT2D eigenvalue weighted by Crippen LogP contribution is 2.28. The molecule has 0 heterocycles. The molecule has 1 rings (SSSR count). The van der Waals surface area contributed by atoms with E-state index in [1.165, 1.54) is 12.1 Å². The Balaban J connectivity index is 2.93. The van der Waals surface area contributed by atoms with Crippen molar-refractivity contribution in [3.05, 3.63) is 29.6 Å². The predicted molar refractivity (Wildman–Crippen MR) is 62.9 cm³/mol. The van der Waals surface area contributed by atoms with Gasteiger partial charge in [0.05, 0.1) is 6.54 Å². The van der Waals surface area contributed by atoms with Gasteiger partial charge in [-0.1, -0.05) is 13.0 Å². The summed E-state index contributed by atoms with van der Waals surface area (Å²) in [4.78, 5) is 12.7. The molecule has 0 spiro atoms. The van der Waals surface area contributed by atoms with Gasteiger partial charge in [-0.3, -0.25) is 9.69 Å². The van der Waals surface area contributed by atoms with Gasteiger partial charge in [-0.25, -0.2) is 4.39 Å². The van der Waals surface area contributed by atoms with Crippen LogP contribution in [-0.2, 0) is 4.79 Å². The molecule has 0 aromatic heterocycles. The van der Waals surface area contributed by atoms with E-state index >= 15 is 0 Å². The summed E-state index contributed by atoms with van der Waals surface area (Å²) in [5.74, 6) is -1.03. The molecule has 5 heteroatoms. The first-order chi connectivity index (χ1) is 7.95. The Morgan fingerprint density at radius 1 is 1.59 bits per heavy atom. The standard InChI is InChI=1S/C12H17FN2O2/c1-3-15(7-12(14)17)8(2)10-5-4-9(13)6-11(10)16/h4-6,8,16H,3,7H2,1-2H3,(H2,14,17). The smallest absolute Gasteiger partial charge is 0.231 e. The van der Waals surface area contributed by atoms with E-state index in [4.69, 9.17) is 5.73 Å². The molecule has 1 amide bonds. The number of aromatic hydroxyl groups is 1. The van der Waals surface area contributed by atoms with Crippen molar-refractivity contribution in [3.8, 4) is 5.75 Å². The van der Waals surface area contributed by atoms with Crippen molar-refractivity contribution in [2.45, 2.75) is 19.9 Å². The molecule has 0 aliphatic heterocycles. The normalized spacial score (nSPS) is 12.7. The number of benzene rings is 1. The molecule has 0 fully saturated rings. The van der Waals surface area contributed by atoms with E-state index in [0.717, 1.165) is 6.07 Å². The van der Waals surface area contributed by atoms with Gasteiger partial charge in [0.15, 0.2) is 0 Å². The summed E-state index contributed by atoms with van der Waals surface area (Å²) in [6.45, 7) is 4.44. The van der Waals surface area contributed by atoms with Crippen LogP contribution in [-0.4, -0.2) is 29.0 Å². The van der Waals surface area contributed by atoms with Gasteiger partial charge in [0.25, 0.3) is 0 Å². The van der Waals surface area contributed by atoms with Crippen LogP contribution in [0.3, 0.4) is 0 Å². The number of carbonyl (C=O) groups is 1. The zero-order valence-corrected chi connectivity index (χ0v) is 9.98. The van der Waals surface area contributed by atoms with E-state index in [1.807, 2.05) is 13.8 Å². The number of hydrogen-bond acceptors (Lipinski definition) is 3. The van der Waals surface area contributed by atoms with Crippen LogP contribution in [0.5, 0.6) is 5.75 Å². The van der Waals surface area contributed by atoms with Crippen molar-refractivity contribution in [2.24, 2.45) is 5.73 Å². The van der Waals surface area contributed by atoms with Crippen LogP contribution in [0, 0.1) is 5.82 Å². The number of carbonyl (C=O) groups excluding carboxylic acids is 1. The number of phenols is 1. The molecule has 1 unspecified atom stereocenters. The largest absolute Gasteiger partial charge is 0.508 e. The molecule has 4 nitrogen and oxygen atoms in total. The van der Waals surface area contributed by atoms with Crippen molar-refractivity contribution in [3.63, 3.8) is 0 Å². The summed E-state index contributed by atoms with van der Waals surface area (Å²) in [6, 6.07) is 3.65. The third-order valence-electron chi connectivity index (χ3n) is 2.76. The zero-order chi connectivity index (χ0) is 13.0. The first-order valence-corrected chi connectivity index (χ1v) is 5.46. The highest BCUT2D eigenvalue weighted by molar-refractivity contribution is 5.76. The highest BCUT2D eigenvalue weighted by atomic mass is 19.1. The Hall–Kier alpha value is -1.62. The maximum absolute atomic E-state index is 12.9. The van der Waals surface area contributed by atoms with E-state index < -0.39 is 11.7 Å². The second-order valence-electron chi connectivity index (χ2n) is 3.91. The molecule has 3 N–H and O–H groups in total. The van der Waals surface area contributed by atoms with Gasteiger partial charge in [-0.2, -0.15) is 0 Å². The molecule has 1 aromatic rings. The number of primary amides is 1. The number of rotatable bonds is 5. The third kappa shape index (κ3) is 3.42. The molecule has 1 aromatic carbocycles. The Morgan fingerprint density at radius 2 is 2.24 bits per heavy atom. The summed E-state index contributed by atoms with van der Waals surface area (Å²) in [5, 5.41) is 9.66. The minimum absolute atomic E-state index is 0.106. The van der Waals surface area contributed by atoms with Crippen molar-refractivity contribution in [1.82, 2.24) is 4.90 Å². The second-order valence-corrected chi connectivity index (χ2v) is 3.91. The Kier molecular flexibility index (Phi) is 4.45. The fourth-order valence-corrected chi connectivity index (χ4v) is 1.79. The summed E-state index contributed by atoms with van der Waals surface area (Å²) in [6.07, 6.45) is 0. The summed E-state index contributed by atoms with van der Waals surface area (Å²) < 4.78 is 12.9. The monoisotopic (exact) mass is 240 g/mol. The van der Waals surface area contributed by atoms with E-state index in [9.17, 15) is 14.3 Å². The molecule has 94 valence electrons. The van der Waals surface area contributed by atoms with E-state index in [-0.39, 0.29) is 18.3 Å². The predicted octanol–water partition coefficient (Wildman–Crippen LogP) is 1.40. The molecule has 0 bridgehead atoms. The van der Waals surface area contributed by atoms with Crippen molar-refractivity contribution in [2.75, 3.05) is 13.1 Å². The van der Waals surface area contributed by atoms with Crippen molar-refractivity contribution >= 4 is 5.91 Å². The number of amides is 1. The van der Waals surface area contributed by atoms with Gasteiger partial charge in [-0.15, -0.1) is 0 Å². The molecule has 1 atom stereocenters. The van der Waals surface area contributed by atoms with Crippen LogP contribution in [0.15, 0.2) is 18.2 Å². The Labute approximate surface area is 99.8 Å². The topological polar surface area (TPSA) is 66.6 Å². The van der Waals surface area contributed by atoms with Gasteiger partial charge < -0.3 is 10.8 Å². The van der Waals surface area contributed by atoms with Crippen molar-refractivity contribution < 1.29 is 14.3 Å². The first kappa shape index (κ1) is 13.4. The van der Waals surface area contributed by atoms with Crippen molar-refractivity contribution in [1.29, 1.82) is 0 Å². The number of halogens is 1. The second kappa shape index (κ2) is 5.63. The third-order valence-corrected chi connectivity index (χ3v) is 2.76. The SMILES string of the molecule is CCN(CC(N)=O)C(C)c1ccc(F)cc1O.